The highest BCUT2D eigenvalue weighted by atomic mass is 32.1. The first-order valence-corrected chi connectivity index (χ1v) is 4.76. The van der Waals surface area contributed by atoms with Crippen LogP contribution in [0.1, 0.15) is 5.56 Å². The molecule has 0 aromatic carbocycles. The Bertz CT molecular complexity index is 291. The predicted octanol–water partition coefficient (Wildman–Crippen LogP) is 2.25. The van der Waals surface area contributed by atoms with Gasteiger partial charge in [-0.2, -0.15) is 0 Å². The topological polar surface area (TPSA) is 18.5 Å². The normalized spacial score (nSPS) is 14.3. The van der Waals surface area contributed by atoms with Gasteiger partial charge in [0.15, 0.2) is 5.75 Å². The second-order valence-electron chi connectivity index (χ2n) is 2.57. The highest BCUT2D eigenvalue weighted by Crippen LogP contribution is 2.40. The van der Waals surface area contributed by atoms with Crippen LogP contribution in [0, 0.1) is 0 Å². The maximum Gasteiger partial charge on any atom is 0.217 e. The molecule has 1 aromatic heterocycles. The van der Waals surface area contributed by atoms with E-state index in [2.05, 4.69) is 12.0 Å². The summed E-state index contributed by atoms with van der Waals surface area (Å²) in [5.74, 6) is 0.922. The van der Waals surface area contributed by atoms with Crippen molar-refractivity contribution < 1.29 is 9.47 Å². The van der Waals surface area contributed by atoms with Gasteiger partial charge in [0.2, 0.25) is 5.06 Å². The molecule has 2 nitrogen and oxygen atoms in total. The van der Waals surface area contributed by atoms with Crippen molar-refractivity contribution in [3.05, 3.63) is 23.6 Å². The molecule has 0 bridgehead atoms. The van der Waals surface area contributed by atoms with Gasteiger partial charge in [-0.3, -0.25) is 0 Å². The Hall–Kier alpha value is -0.960. The number of hydrogen-bond donors (Lipinski definition) is 0. The Morgan fingerprint density at radius 2 is 2.33 bits per heavy atom. The SMILES string of the molecule is C=CCc1csc2c1OCCO2. The molecule has 1 aliphatic rings. The van der Waals surface area contributed by atoms with E-state index in [9.17, 15) is 0 Å². The third-order valence-electron chi connectivity index (χ3n) is 1.71. The minimum absolute atomic E-state index is 0.661. The summed E-state index contributed by atoms with van der Waals surface area (Å²) in [4.78, 5) is 0. The Morgan fingerprint density at radius 1 is 1.50 bits per heavy atom. The molecule has 0 N–H and O–H groups in total. The van der Waals surface area contributed by atoms with E-state index in [1.165, 1.54) is 5.56 Å². The lowest BCUT2D eigenvalue weighted by Crippen LogP contribution is -2.14. The summed E-state index contributed by atoms with van der Waals surface area (Å²) in [6.07, 6.45) is 2.73. The fourth-order valence-electron chi connectivity index (χ4n) is 1.19. The van der Waals surface area contributed by atoms with Gasteiger partial charge in [0, 0.05) is 10.9 Å². The molecule has 0 spiro atoms. The van der Waals surface area contributed by atoms with E-state index in [4.69, 9.17) is 9.47 Å². The van der Waals surface area contributed by atoms with Crippen LogP contribution in [0.25, 0.3) is 0 Å². The van der Waals surface area contributed by atoms with E-state index < -0.39 is 0 Å². The van der Waals surface area contributed by atoms with E-state index >= 15 is 0 Å². The minimum atomic E-state index is 0.661. The first kappa shape index (κ1) is 7.68. The molecule has 0 radical (unpaired) electrons. The standard InChI is InChI=1S/C9H10O2S/c1-2-3-7-6-12-9-8(7)10-4-5-11-9/h2,6H,1,3-5H2. The maximum absolute atomic E-state index is 5.48. The van der Waals surface area contributed by atoms with Gasteiger partial charge in [0.25, 0.3) is 0 Å². The summed E-state index contributed by atoms with van der Waals surface area (Å²) in [7, 11) is 0. The van der Waals surface area contributed by atoms with Gasteiger partial charge in [0.1, 0.15) is 13.2 Å². The average Bonchev–Trinajstić information content (AvgIpc) is 2.50. The second kappa shape index (κ2) is 3.19. The van der Waals surface area contributed by atoms with Crippen LogP contribution in [-0.2, 0) is 6.42 Å². The molecule has 0 amide bonds. The summed E-state index contributed by atoms with van der Waals surface area (Å²) in [6, 6.07) is 0. The van der Waals surface area contributed by atoms with E-state index in [1.807, 2.05) is 6.08 Å². The summed E-state index contributed by atoms with van der Waals surface area (Å²) in [6.45, 7) is 5.02. The predicted molar refractivity (Wildman–Crippen MR) is 49.2 cm³/mol. The Morgan fingerprint density at radius 3 is 3.17 bits per heavy atom. The lowest BCUT2D eigenvalue weighted by molar-refractivity contribution is 0.176. The number of allylic oxidation sites excluding steroid dienone is 1. The molecule has 0 saturated carbocycles. The fraction of sp³-hybridized carbons (Fsp3) is 0.333. The zero-order chi connectivity index (χ0) is 8.39. The highest BCUT2D eigenvalue weighted by Gasteiger charge is 2.17. The third kappa shape index (κ3) is 1.20. The van der Waals surface area contributed by atoms with Crippen LogP contribution in [0.2, 0.25) is 0 Å². The molecule has 3 heteroatoms. The van der Waals surface area contributed by atoms with Crippen molar-refractivity contribution >= 4 is 11.3 Å². The fourth-order valence-corrected chi connectivity index (χ4v) is 2.09. The van der Waals surface area contributed by atoms with Crippen molar-refractivity contribution in [3.8, 4) is 10.8 Å². The molecule has 0 fully saturated rings. The molecular formula is C9H10O2S. The zero-order valence-electron chi connectivity index (χ0n) is 6.71. The van der Waals surface area contributed by atoms with Crippen LogP contribution in [0.5, 0.6) is 10.8 Å². The molecular weight excluding hydrogens is 172 g/mol. The van der Waals surface area contributed by atoms with Gasteiger partial charge in [-0.25, -0.2) is 0 Å². The largest absolute Gasteiger partial charge is 0.485 e. The highest BCUT2D eigenvalue weighted by molar-refractivity contribution is 7.12. The maximum atomic E-state index is 5.48. The Labute approximate surface area is 75.4 Å². The van der Waals surface area contributed by atoms with Crippen molar-refractivity contribution in [2.75, 3.05) is 13.2 Å². The van der Waals surface area contributed by atoms with Gasteiger partial charge >= 0.3 is 0 Å². The molecule has 1 aromatic rings. The molecule has 64 valence electrons. The van der Waals surface area contributed by atoms with Crippen molar-refractivity contribution in [2.24, 2.45) is 0 Å². The smallest absolute Gasteiger partial charge is 0.217 e. The van der Waals surface area contributed by atoms with Crippen molar-refractivity contribution in [3.63, 3.8) is 0 Å². The molecule has 0 atom stereocenters. The average molecular weight is 182 g/mol. The molecule has 1 aliphatic heterocycles. The molecule has 0 aliphatic carbocycles. The van der Waals surface area contributed by atoms with Crippen molar-refractivity contribution in [1.82, 2.24) is 0 Å². The van der Waals surface area contributed by atoms with Gasteiger partial charge in [-0.15, -0.1) is 17.9 Å². The van der Waals surface area contributed by atoms with E-state index in [1.54, 1.807) is 11.3 Å². The van der Waals surface area contributed by atoms with E-state index in [-0.39, 0.29) is 0 Å². The van der Waals surface area contributed by atoms with Crippen LogP contribution in [0.3, 0.4) is 0 Å². The van der Waals surface area contributed by atoms with Crippen LogP contribution >= 0.6 is 11.3 Å². The Kier molecular flexibility index (Phi) is 2.04. The van der Waals surface area contributed by atoms with Gasteiger partial charge in [-0.1, -0.05) is 6.08 Å². The van der Waals surface area contributed by atoms with E-state index in [0.717, 1.165) is 17.2 Å². The van der Waals surface area contributed by atoms with E-state index in [0.29, 0.717) is 13.2 Å². The molecule has 2 heterocycles. The lowest BCUT2D eigenvalue weighted by atomic mass is 10.2. The molecule has 2 rings (SSSR count). The number of hydrogen-bond acceptors (Lipinski definition) is 3. The molecule has 0 unspecified atom stereocenters. The minimum Gasteiger partial charge on any atom is -0.485 e. The summed E-state index contributed by atoms with van der Waals surface area (Å²) >= 11 is 1.60. The van der Waals surface area contributed by atoms with Crippen LogP contribution in [-0.4, -0.2) is 13.2 Å². The van der Waals surface area contributed by atoms with Crippen LogP contribution in [0.15, 0.2) is 18.0 Å². The number of fused-ring (bicyclic) bond motifs is 1. The van der Waals surface area contributed by atoms with Crippen LogP contribution in [0.4, 0.5) is 0 Å². The number of thiophene rings is 1. The monoisotopic (exact) mass is 182 g/mol. The van der Waals surface area contributed by atoms with Gasteiger partial charge in [-0.05, 0) is 6.42 Å². The summed E-state index contributed by atoms with van der Waals surface area (Å²) in [5.41, 5.74) is 1.18. The third-order valence-corrected chi connectivity index (χ3v) is 2.63. The molecule has 12 heavy (non-hydrogen) atoms. The first-order valence-electron chi connectivity index (χ1n) is 3.88. The van der Waals surface area contributed by atoms with Gasteiger partial charge < -0.3 is 9.47 Å². The number of ether oxygens (including phenoxy) is 2. The summed E-state index contributed by atoms with van der Waals surface area (Å²) < 4.78 is 10.9. The Balaban J connectivity index is 2.31. The second-order valence-corrected chi connectivity index (χ2v) is 3.41. The lowest BCUT2D eigenvalue weighted by Gasteiger charge is -2.15. The number of rotatable bonds is 2. The summed E-state index contributed by atoms with van der Waals surface area (Å²) in [5, 5.41) is 2.98. The van der Waals surface area contributed by atoms with Crippen molar-refractivity contribution in [1.29, 1.82) is 0 Å². The van der Waals surface area contributed by atoms with Crippen molar-refractivity contribution in [2.45, 2.75) is 6.42 Å². The van der Waals surface area contributed by atoms with Crippen LogP contribution < -0.4 is 9.47 Å². The quantitative estimate of drug-likeness (QED) is 0.653. The first-order chi connectivity index (χ1) is 5.92. The molecule has 0 saturated heterocycles. The zero-order valence-corrected chi connectivity index (χ0v) is 7.52. The van der Waals surface area contributed by atoms with Gasteiger partial charge in [0.05, 0.1) is 0 Å².